The van der Waals surface area contributed by atoms with Crippen molar-refractivity contribution in [2.24, 2.45) is 5.73 Å². The molecule has 86 valence electrons. The van der Waals surface area contributed by atoms with Crippen molar-refractivity contribution in [2.75, 3.05) is 0 Å². The Hall–Kier alpha value is -0.350. The van der Waals surface area contributed by atoms with E-state index >= 15 is 0 Å². The SMILES string of the molecule is CCn1ncc(Br)c1C(C)(C)CC(C)N. The van der Waals surface area contributed by atoms with Gasteiger partial charge in [-0.2, -0.15) is 5.10 Å². The molecule has 15 heavy (non-hydrogen) atoms. The first-order chi connectivity index (χ1) is 6.88. The van der Waals surface area contributed by atoms with E-state index in [0.717, 1.165) is 17.4 Å². The first-order valence-corrected chi connectivity index (χ1v) is 6.15. The molecule has 1 atom stereocenters. The fourth-order valence-corrected chi connectivity index (χ4v) is 3.01. The molecular weight excluding hydrogens is 254 g/mol. The van der Waals surface area contributed by atoms with Crippen LogP contribution in [0.4, 0.5) is 0 Å². The topological polar surface area (TPSA) is 43.8 Å². The van der Waals surface area contributed by atoms with Crippen LogP contribution in [0.15, 0.2) is 10.7 Å². The molecule has 1 unspecified atom stereocenters. The Morgan fingerprint density at radius 3 is 2.67 bits per heavy atom. The van der Waals surface area contributed by atoms with E-state index in [1.807, 2.05) is 17.8 Å². The summed E-state index contributed by atoms with van der Waals surface area (Å²) in [4.78, 5) is 0. The highest BCUT2D eigenvalue weighted by Gasteiger charge is 2.28. The normalized spacial score (nSPS) is 14.3. The van der Waals surface area contributed by atoms with Crippen LogP contribution in [0.2, 0.25) is 0 Å². The fraction of sp³-hybridized carbons (Fsp3) is 0.727. The molecule has 3 nitrogen and oxygen atoms in total. The quantitative estimate of drug-likeness (QED) is 0.917. The first-order valence-electron chi connectivity index (χ1n) is 5.36. The van der Waals surface area contributed by atoms with Gasteiger partial charge in [0.05, 0.1) is 16.4 Å². The Labute approximate surface area is 100 Å². The van der Waals surface area contributed by atoms with Crippen LogP contribution in [0.5, 0.6) is 0 Å². The molecule has 1 heterocycles. The highest BCUT2D eigenvalue weighted by atomic mass is 79.9. The average Bonchev–Trinajstić information content (AvgIpc) is 2.44. The van der Waals surface area contributed by atoms with Gasteiger partial charge in [0, 0.05) is 18.0 Å². The Morgan fingerprint density at radius 1 is 1.60 bits per heavy atom. The van der Waals surface area contributed by atoms with Gasteiger partial charge >= 0.3 is 0 Å². The summed E-state index contributed by atoms with van der Waals surface area (Å²) in [5.41, 5.74) is 7.17. The summed E-state index contributed by atoms with van der Waals surface area (Å²) in [6.45, 7) is 9.46. The number of halogens is 1. The van der Waals surface area contributed by atoms with E-state index in [0.29, 0.717) is 0 Å². The van der Waals surface area contributed by atoms with E-state index in [2.05, 4.69) is 41.8 Å². The van der Waals surface area contributed by atoms with Gasteiger partial charge in [-0.25, -0.2) is 0 Å². The van der Waals surface area contributed by atoms with Gasteiger partial charge in [-0.15, -0.1) is 0 Å². The lowest BCUT2D eigenvalue weighted by Crippen LogP contribution is -2.30. The van der Waals surface area contributed by atoms with Crippen LogP contribution in [0, 0.1) is 0 Å². The summed E-state index contributed by atoms with van der Waals surface area (Å²) in [5.74, 6) is 0. The second-order valence-corrected chi connectivity index (χ2v) is 5.58. The first kappa shape index (κ1) is 12.7. The Balaban J connectivity index is 3.07. The molecule has 0 aromatic carbocycles. The van der Waals surface area contributed by atoms with Crippen molar-refractivity contribution < 1.29 is 0 Å². The van der Waals surface area contributed by atoms with Crippen LogP contribution < -0.4 is 5.73 Å². The number of aromatic nitrogens is 2. The lowest BCUT2D eigenvalue weighted by atomic mass is 9.83. The molecule has 0 aliphatic rings. The molecule has 0 spiro atoms. The number of nitrogens with two attached hydrogens (primary N) is 1. The van der Waals surface area contributed by atoms with Crippen molar-refractivity contribution >= 4 is 15.9 Å². The van der Waals surface area contributed by atoms with Crippen LogP contribution >= 0.6 is 15.9 Å². The molecule has 0 fully saturated rings. The summed E-state index contributed by atoms with van der Waals surface area (Å²) >= 11 is 3.56. The number of aryl methyl sites for hydroxylation is 1. The third-order valence-corrected chi connectivity index (χ3v) is 3.15. The van der Waals surface area contributed by atoms with Gasteiger partial charge < -0.3 is 5.73 Å². The van der Waals surface area contributed by atoms with Gasteiger partial charge in [-0.3, -0.25) is 4.68 Å². The van der Waals surface area contributed by atoms with E-state index in [9.17, 15) is 0 Å². The predicted molar refractivity (Wildman–Crippen MR) is 66.9 cm³/mol. The van der Waals surface area contributed by atoms with Crippen molar-refractivity contribution in [3.63, 3.8) is 0 Å². The zero-order chi connectivity index (χ0) is 11.6. The minimum atomic E-state index is 0.0551. The van der Waals surface area contributed by atoms with E-state index in [-0.39, 0.29) is 11.5 Å². The van der Waals surface area contributed by atoms with E-state index in [1.54, 1.807) is 0 Å². The van der Waals surface area contributed by atoms with Gasteiger partial charge in [0.2, 0.25) is 0 Å². The highest BCUT2D eigenvalue weighted by molar-refractivity contribution is 9.10. The van der Waals surface area contributed by atoms with Gasteiger partial charge in [-0.1, -0.05) is 13.8 Å². The van der Waals surface area contributed by atoms with E-state index in [4.69, 9.17) is 5.73 Å². The zero-order valence-corrected chi connectivity index (χ0v) is 11.5. The molecule has 0 saturated carbocycles. The summed E-state index contributed by atoms with van der Waals surface area (Å²) in [5, 5.41) is 4.34. The second kappa shape index (κ2) is 4.66. The largest absolute Gasteiger partial charge is 0.328 e. The standard InChI is InChI=1S/C11H20BrN3/c1-5-15-10(9(12)7-14-15)11(3,4)6-8(2)13/h7-8H,5-6,13H2,1-4H3. The molecule has 4 heteroatoms. The zero-order valence-electron chi connectivity index (χ0n) is 9.92. The van der Waals surface area contributed by atoms with Crippen molar-refractivity contribution in [2.45, 2.75) is 52.1 Å². The molecule has 1 aromatic rings. The van der Waals surface area contributed by atoms with Crippen LogP contribution in [-0.4, -0.2) is 15.8 Å². The van der Waals surface area contributed by atoms with E-state index < -0.39 is 0 Å². The molecule has 0 aliphatic carbocycles. The molecule has 2 N–H and O–H groups in total. The number of nitrogens with zero attached hydrogens (tertiary/aromatic N) is 2. The Kier molecular flexibility index (Phi) is 3.95. The maximum atomic E-state index is 5.88. The monoisotopic (exact) mass is 273 g/mol. The minimum absolute atomic E-state index is 0.0551. The fourth-order valence-electron chi connectivity index (χ4n) is 2.18. The highest BCUT2D eigenvalue weighted by Crippen LogP contribution is 2.33. The summed E-state index contributed by atoms with van der Waals surface area (Å²) in [6.07, 6.45) is 2.82. The van der Waals surface area contributed by atoms with Crippen molar-refractivity contribution in [1.82, 2.24) is 9.78 Å². The maximum absolute atomic E-state index is 5.88. The van der Waals surface area contributed by atoms with E-state index in [1.165, 1.54) is 5.69 Å². The molecule has 0 radical (unpaired) electrons. The van der Waals surface area contributed by atoms with Crippen molar-refractivity contribution in [3.05, 3.63) is 16.4 Å². The Morgan fingerprint density at radius 2 is 2.20 bits per heavy atom. The molecule has 1 aromatic heterocycles. The average molecular weight is 274 g/mol. The number of rotatable bonds is 4. The van der Waals surface area contributed by atoms with Gasteiger partial charge in [-0.05, 0) is 36.2 Å². The lowest BCUT2D eigenvalue weighted by molar-refractivity contribution is 0.398. The van der Waals surface area contributed by atoms with Crippen LogP contribution in [0.1, 0.15) is 39.8 Å². The molecule has 0 aliphatic heterocycles. The molecule has 0 amide bonds. The predicted octanol–water partition coefficient (Wildman–Crippen LogP) is 2.68. The van der Waals surface area contributed by atoms with Crippen molar-refractivity contribution in [3.8, 4) is 0 Å². The number of hydrogen-bond acceptors (Lipinski definition) is 2. The van der Waals surface area contributed by atoms with Gasteiger partial charge in [0.25, 0.3) is 0 Å². The number of hydrogen-bond donors (Lipinski definition) is 1. The molecule has 0 saturated heterocycles. The lowest BCUT2D eigenvalue weighted by Gasteiger charge is -2.28. The minimum Gasteiger partial charge on any atom is -0.328 e. The van der Waals surface area contributed by atoms with Crippen LogP contribution in [0.3, 0.4) is 0 Å². The Bertz CT molecular complexity index is 329. The summed E-state index contributed by atoms with van der Waals surface area (Å²) < 4.78 is 3.11. The molecule has 0 bridgehead atoms. The summed E-state index contributed by atoms with van der Waals surface area (Å²) in [7, 11) is 0. The molecular formula is C11H20BrN3. The third kappa shape index (κ3) is 2.82. The summed E-state index contributed by atoms with van der Waals surface area (Å²) in [6, 6.07) is 0.201. The van der Waals surface area contributed by atoms with Gasteiger partial charge in [0.15, 0.2) is 0 Å². The van der Waals surface area contributed by atoms with Crippen LogP contribution in [-0.2, 0) is 12.0 Å². The van der Waals surface area contributed by atoms with Gasteiger partial charge in [0.1, 0.15) is 0 Å². The van der Waals surface area contributed by atoms with Crippen LogP contribution in [0.25, 0.3) is 0 Å². The maximum Gasteiger partial charge on any atom is 0.0635 e. The second-order valence-electron chi connectivity index (χ2n) is 4.72. The van der Waals surface area contributed by atoms with Crippen molar-refractivity contribution in [1.29, 1.82) is 0 Å². The third-order valence-electron chi connectivity index (χ3n) is 2.57. The smallest absolute Gasteiger partial charge is 0.0635 e. The molecule has 1 rings (SSSR count).